The van der Waals surface area contributed by atoms with Gasteiger partial charge in [0.2, 0.25) is 14.9 Å². The number of furan rings is 1. The summed E-state index contributed by atoms with van der Waals surface area (Å²) in [5.41, 5.74) is 0.503. The maximum Gasteiger partial charge on any atom is 0.218 e. The van der Waals surface area contributed by atoms with Crippen LogP contribution in [0.1, 0.15) is 39.9 Å². The quantitative estimate of drug-likeness (QED) is 0.800. The predicted molar refractivity (Wildman–Crippen MR) is 76.5 cm³/mol. The molecular formula is C12H19NO4S2. The van der Waals surface area contributed by atoms with Crippen LogP contribution in [0.4, 0.5) is 0 Å². The van der Waals surface area contributed by atoms with Gasteiger partial charge < -0.3 is 4.42 Å². The van der Waals surface area contributed by atoms with Crippen LogP contribution in [0.5, 0.6) is 0 Å². The van der Waals surface area contributed by atoms with Crippen LogP contribution in [0, 0.1) is 0 Å². The van der Waals surface area contributed by atoms with Crippen LogP contribution in [0.25, 0.3) is 0 Å². The zero-order chi connectivity index (χ0) is 14.8. The Kier molecular flexibility index (Phi) is 4.73. The SMILES string of the molecule is CCC(=N[S@](=O)C(C)(C)C)c1ccc(S(C)(=O)=O)o1. The zero-order valence-corrected chi connectivity index (χ0v) is 13.4. The predicted octanol–water partition coefficient (Wildman–Crippen LogP) is 2.34. The fourth-order valence-electron chi connectivity index (χ4n) is 1.20. The molecular weight excluding hydrogens is 286 g/mol. The molecule has 1 heterocycles. The Morgan fingerprint density at radius 3 is 2.32 bits per heavy atom. The lowest BCUT2D eigenvalue weighted by atomic mass is 10.2. The highest BCUT2D eigenvalue weighted by Gasteiger charge is 2.21. The Morgan fingerprint density at radius 2 is 1.95 bits per heavy atom. The van der Waals surface area contributed by atoms with Gasteiger partial charge >= 0.3 is 0 Å². The van der Waals surface area contributed by atoms with Crippen LogP contribution in [0.15, 0.2) is 26.0 Å². The fourth-order valence-corrected chi connectivity index (χ4v) is 2.44. The second-order valence-electron chi connectivity index (χ2n) is 5.14. The Balaban J connectivity index is 3.15. The van der Waals surface area contributed by atoms with Crippen molar-refractivity contribution in [2.45, 2.75) is 44.0 Å². The van der Waals surface area contributed by atoms with Gasteiger partial charge in [0.1, 0.15) is 11.0 Å². The molecule has 0 aliphatic rings. The molecule has 1 atom stereocenters. The zero-order valence-electron chi connectivity index (χ0n) is 11.8. The summed E-state index contributed by atoms with van der Waals surface area (Å²) in [6.45, 7) is 7.32. The molecule has 7 heteroatoms. The van der Waals surface area contributed by atoms with Gasteiger partial charge in [0.15, 0.2) is 5.76 Å². The lowest BCUT2D eigenvalue weighted by Gasteiger charge is -2.14. The monoisotopic (exact) mass is 305 g/mol. The minimum atomic E-state index is -3.38. The maximum atomic E-state index is 12.0. The maximum absolute atomic E-state index is 12.0. The number of sulfone groups is 1. The molecule has 0 saturated heterocycles. The highest BCUT2D eigenvalue weighted by Crippen LogP contribution is 2.18. The topological polar surface area (TPSA) is 76.7 Å². The van der Waals surface area contributed by atoms with Gasteiger partial charge in [-0.1, -0.05) is 6.92 Å². The summed E-state index contributed by atoms with van der Waals surface area (Å²) in [5, 5.41) is -0.106. The van der Waals surface area contributed by atoms with Gasteiger partial charge in [-0.3, -0.25) is 0 Å². The average molecular weight is 305 g/mol. The molecule has 0 unspecified atom stereocenters. The van der Waals surface area contributed by atoms with Crippen molar-refractivity contribution in [1.82, 2.24) is 0 Å². The minimum absolute atomic E-state index is 0.106. The van der Waals surface area contributed by atoms with E-state index in [2.05, 4.69) is 4.40 Å². The van der Waals surface area contributed by atoms with Gasteiger partial charge in [0.05, 0.1) is 10.5 Å². The molecule has 5 nitrogen and oxygen atoms in total. The van der Waals surface area contributed by atoms with E-state index in [0.717, 1.165) is 6.26 Å². The summed E-state index contributed by atoms with van der Waals surface area (Å²) >= 11 is 0. The largest absolute Gasteiger partial charge is 0.443 e. The van der Waals surface area contributed by atoms with Crippen LogP contribution in [-0.4, -0.2) is 29.3 Å². The van der Waals surface area contributed by atoms with Crippen molar-refractivity contribution in [3.05, 3.63) is 17.9 Å². The minimum Gasteiger partial charge on any atom is -0.443 e. The van der Waals surface area contributed by atoms with E-state index in [1.807, 2.05) is 27.7 Å². The van der Waals surface area contributed by atoms with Gasteiger partial charge in [-0.2, -0.15) is 4.40 Å². The van der Waals surface area contributed by atoms with Crippen molar-refractivity contribution in [2.75, 3.05) is 6.26 Å². The molecule has 0 N–H and O–H groups in total. The van der Waals surface area contributed by atoms with Gasteiger partial charge in [0, 0.05) is 6.26 Å². The van der Waals surface area contributed by atoms with Crippen LogP contribution < -0.4 is 0 Å². The van der Waals surface area contributed by atoms with Gasteiger partial charge in [-0.05, 0) is 39.3 Å². The second-order valence-corrected chi connectivity index (χ2v) is 9.00. The van der Waals surface area contributed by atoms with Crippen molar-refractivity contribution in [3.63, 3.8) is 0 Å². The lowest BCUT2D eigenvalue weighted by molar-refractivity contribution is 0.445. The number of hydrogen-bond acceptors (Lipinski definition) is 4. The normalized spacial score (nSPS) is 15.5. The molecule has 0 aliphatic heterocycles. The van der Waals surface area contributed by atoms with Crippen molar-refractivity contribution >= 4 is 26.5 Å². The summed E-state index contributed by atoms with van der Waals surface area (Å²) in [5.74, 6) is 0.348. The fraction of sp³-hybridized carbons (Fsp3) is 0.583. The molecule has 1 aromatic heterocycles. The van der Waals surface area contributed by atoms with E-state index >= 15 is 0 Å². The molecule has 108 valence electrons. The van der Waals surface area contributed by atoms with E-state index in [4.69, 9.17) is 4.42 Å². The molecule has 0 bridgehead atoms. The number of nitrogens with zero attached hydrogens (tertiary/aromatic N) is 1. The Hall–Kier alpha value is -0.950. The van der Waals surface area contributed by atoms with E-state index in [1.54, 1.807) is 6.07 Å². The van der Waals surface area contributed by atoms with Crippen LogP contribution in [0.2, 0.25) is 0 Å². The van der Waals surface area contributed by atoms with Crippen molar-refractivity contribution in [2.24, 2.45) is 4.40 Å². The molecule has 0 saturated carbocycles. The molecule has 0 aliphatic carbocycles. The Labute approximate surface area is 116 Å². The highest BCUT2D eigenvalue weighted by molar-refractivity contribution is 7.90. The summed E-state index contributed by atoms with van der Waals surface area (Å²) in [6.07, 6.45) is 1.59. The Bertz CT molecular complexity index is 606. The molecule has 0 spiro atoms. The summed E-state index contributed by atoms with van der Waals surface area (Å²) in [6, 6.07) is 2.93. The summed E-state index contributed by atoms with van der Waals surface area (Å²) in [7, 11) is -4.78. The summed E-state index contributed by atoms with van der Waals surface area (Å²) in [4.78, 5) is 0. The molecule has 0 amide bonds. The third-order valence-corrected chi connectivity index (χ3v) is 4.67. The standard InChI is InChI=1S/C12H19NO4S2/c1-6-9(13-18(14)12(2,3)4)10-7-8-11(17-10)19(5,15)16/h7-8H,6H2,1-5H3/t18-/m1/s1. The molecule has 0 aromatic carbocycles. The first-order valence-electron chi connectivity index (χ1n) is 5.85. The van der Waals surface area contributed by atoms with Crippen molar-refractivity contribution < 1.29 is 17.0 Å². The van der Waals surface area contributed by atoms with Gasteiger partial charge in [-0.15, -0.1) is 0 Å². The van der Waals surface area contributed by atoms with Gasteiger partial charge in [-0.25, -0.2) is 12.6 Å². The van der Waals surface area contributed by atoms with Crippen LogP contribution in [-0.2, 0) is 20.8 Å². The van der Waals surface area contributed by atoms with E-state index in [9.17, 15) is 12.6 Å². The van der Waals surface area contributed by atoms with Crippen molar-refractivity contribution in [3.8, 4) is 0 Å². The van der Waals surface area contributed by atoms with Crippen LogP contribution >= 0.6 is 0 Å². The van der Waals surface area contributed by atoms with Gasteiger partial charge in [0.25, 0.3) is 0 Å². The summed E-state index contributed by atoms with van der Waals surface area (Å²) < 4.78 is 43.6. The van der Waals surface area contributed by atoms with E-state index in [-0.39, 0.29) is 5.09 Å². The first-order valence-corrected chi connectivity index (χ1v) is 8.85. The molecule has 19 heavy (non-hydrogen) atoms. The van der Waals surface area contributed by atoms with Crippen molar-refractivity contribution in [1.29, 1.82) is 0 Å². The lowest BCUT2D eigenvalue weighted by Crippen LogP contribution is -2.21. The van der Waals surface area contributed by atoms with E-state index < -0.39 is 25.6 Å². The van der Waals surface area contributed by atoms with E-state index in [1.165, 1.54) is 6.07 Å². The van der Waals surface area contributed by atoms with E-state index in [0.29, 0.717) is 17.9 Å². The molecule has 1 aromatic rings. The van der Waals surface area contributed by atoms with Crippen LogP contribution in [0.3, 0.4) is 0 Å². The molecule has 1 rings (SSSR count). The first-order chi connectivity index (χ1) is 8.55. The smallest absolute Gasteiger partial charge is 0.218 e. The number of hydrogen-bond donors (Lipinski definition) is 0. The third-order valence-electron chi connectivity index (χ3n) is 2.28. The average Bonchev–Trinajstić information content (AvgIpc) is 2.72. The first kappa shape index (κ1) is 16.1. The Morgan fingerprint density at radius 1 is 1.37 bits per heavy atom. The highest BCUT2D eigenvalue weighted by atomic mass is 32.2. The molecule has 0 radical (unpaired) electrons. The molecule has 0 fully saturated rings. The number of rotatable bonds is 4. The third kappa shape index (κ3) is 4.28. The second kappa shape index (κ2) is 5.58.